The predicted molar refractivity (Wildman–Crippen MR) is 67.8 cm³/mol. The predicted octanol–water partition coefficient (Wildman–Crippen LogP) is 1.97. The lowest BCUT2D eigenvalue weighted by Gasteiger charge is -2.05. The lowest BCUT2D eigenvalue weighted by Crippen LogP contribution is -2.09. The van der Waals surface area contributed by atoms with Crippen LogP contribution in [0.2, 0.25) is 0 Å². The van der Waals surface area contributed by atoms with E-state index < -0.39 is 0 Å². The zero-order valence-corrected chi connectivity index (χ0v) is 9.68. The Morgan fingerprint density at radius 1 is 1.18 bits per heavy atom. The molecule has 1 aromatic carbocycles. The van der Waals surface area contributed by atoms with E-state index in [-0.39, 0.29) is 0 Å². The Hall–Kier alpha value is -2.07. The summed E-state index contributed by atoms with van der Waals surface area (Å²) < 4.78 is 5.11. The number of hydrogen-bond acceptors (Lipinski definition) is 4. The third-order valence-electron chi connectivity index (χ3n) is 2.50. The van der Waals surface area contributed by atoms with Crippen molar-refractivity contribution < 1.29 is 4.74 Å². The van der Waals surface area contributed by atoms with E-state index in [2.05, 4.69) is 10.4 Å². The van der Waals surface area contributed by atoms with Gasteiger partial charge in [0.15, 0.2) is 0 Å². The molecule has 88 valence electrons. The zero-order chi connectivity index (χ0) is 12.1. The topological polar surface area (TPSA) is 60.2 Å². The van der Waals surface area contributed by atoms with Gasteiger partial charge in [0.25, 0.3) is 0 Å². The molecule has 0 atom stereocenters. The van der Waals surface area contributed by atoms with Crippen molar-refractivity contribution in [2.24, 2.45) is 5.84 Å². The molecule has 4 nitrogen and oxygen atoms in total. The molecule has 2 rings (SSSR count). The van der Waals surface area contributed by atoms with Gasteiger partial charge in [0.2, 0.25) is 0 Å². The summed E-state index contributed by atoms with van der Waals surface area (Å²) in [5.41, 5.74) is 4.71. The van der Waals surface area contributed by atoms with Gasteiger partial charge < -0.3 is 10.2 Å². The van der Waals surface area contributed by atoms with Gasteiger partial charge in [-0.25, -0.2) is 10.8 Å². The molecule has 1 aromatic heterocycles. The molecule has 1 heterocycles. The van der Waals surface area contributed by atoms with E-state index in [1.165, 1.54) is 5.56 Å². The summed E-state index contributed by atoms with van der Waals surface area (Å²) in [5, 5.41) is 0. The largest absolute Gasteiger partial charge is 0.497 e. The first kappa shape index (κ1) is 11.4. The van der Waals surface area contributed by atoms with Crippen LogP contribution in [0.25, 0.3) is 0 Å². The van der Waals surface area contributed by atoms with Crippen molar-refractivity contribution in [1.29, 1.82) is 0 Å². The molecule has 4 heteroatoms. The molecule has 0 bridgehead atoms. The number of hydrazine groups is 1. The molecule has 0 spiro atoms. The SMILES string of the molecule is COc1ccc(Cc2cccc(NN)n2)cc1. The lowest BCUT2D eigenvalue weighted by molar-refractivity contribution is 0.414. The summed E-state index contributed by atoms with van der Waals surface area (Å²) in [6.45, 7) is 0. The number of rotatable bonds is 4. The van der Waals surface area contributed by atoms with Crippen LogP contribution in [0.15, 0.2) is 42.5 Å². The van der Waals surface area contributed by atoms with Crippen molar-refractivity contribution in [3.63, 3.8) is 0 Å². The van der Waals surface area contributed by atoms with E-state index in [1.807, 2.05) is 42.5 Å². The van der Waals surface area contributed by atoms with E-state index in [4.69, 9.17) is 10.6 Å². The monoisotopic (exact) mass is 229 g/mol. The number of nitrogens with two attached hydrogens (primary N) is 1. The molecule has 0 unspecified atom stereocenters. The minimum absolute atomic E-state index is 0.677. The Kier molecular flexibility index (Phi) is 3.57. The van der Waals surface area contributed by atoms with Crippen LogP contribution in [0.1, 0.15) is 11.3 Å². The Bertz CT molecular complexity index is 482. The van der Waals surface area contributed by atoms with E-state index in [9.17, 15) is 0 Å². The fourth-order valence-corrected chi connectivity index (χ4v) is 1.61. The maximum Gasteiger partial charge on any atom is 0.140 e. The molecule has 0 radical (unpaired) electrons. The molecule has 0 aliphatic heterocycles. The lowest BCUT2D eigenvalue weighted by atomic mass is 10.1. The van der Waals surface area contributed by atoms with E-state index in [0.717, 1.165) is 17.9 Å². The Balaban J connectivity index is 2.13. The van der Waals surface area contributed by atoms with Crippen molar-refractivity contribution in [2.75, 3.05) is 12.5 Å². The quantitative estimate of drug-likeness (QED) is 0.621. The number of nitrogens with one attached hydrogen (secondary N) is 1. The van der Waals surface area contributed by atoms with Crippen LogP contribution < -0.4 is 16.0 Å². The number of pyridine rings is 1. The molecular formula is C13H15N3O. The van der Waals surface area contributed by atoms with Crippen molar-refractivity contribution in [1.82, 2.24) is 4.98 Å². The normalized spacial score (nSPS) is 10.0. The van der Waals surface area contributed by atoms with Gasteiger partial charge in [0.1, 0.15) is 11.6 Å². The first-order valence-corrected chi connectivity index (χ1v) is 5.37. The van der Waals surface area contributed by atoms with Crippen LogP contribution in [0.3, 0.4) is 0 Å². The Labute approximate surface area is 100 Å². The van der Waals surface area contributed by atoms with Crippen LogP contribution in [-0.2, 0) is 6.42 Å². The van der Waals surface area contributed by atoms with Gasteiger partial charge >= 0.3 is 0 Å². The standard InChI is InChI=1S/C13H15N3O/c1-17-12-7-5-10(6-8-12)9-11-3-2-4-13(15-11)16-14/h2-8H,9,14H2,1H3,(H,15,16). The Morgan fingerprint density at radius 3 is 2.59 bits per heavy atom. The molecule has 2 aromatic rings. The van der Waals surface area contributed by atoms with Gasteiger partial charge in [-0.15, -0.1) is 0 Å². The molecule has 3 N–H and O–H groups in total. The van der Waals surface area contributed by atoms with E-state index in [0.29, 0.717) is 5.82 Å². The number of nitrogens with zero attached hydrogens (tertiary/aromatic N) is 1. The average Bonchev–Trinajstić information content (AvgIpc) is 2.40. The fraction of sp³-hybridized carbons (Fsp3) is 0.154. The molecule has 0 aliphatic rings. The molecule has 0 saturated carbocycles. The minimum atomic E-state index is 0.677. The first-order chi connectivity index (χ1) is 8.31. The highest BCUT2D eigenvalue weighted by atomic mass is 16.5. The second-order valence-electron chi connectivity index (χ2n) is 3.68. The zero-order valence-electron chi connectivity index (χ0n) is 9.68. The summed E-state index contributed by atoms with van der Waals surface area (Å²) in [4.78, 5) is 4.36. The maximum atomic E-state index is 5.32. The molecule has 17 heavy (non-hydrogen) atoms. The number of benzene rings is 1. The summed E-state index contributed by atoms with van der Waals surface area (Å²) in [6, 6.07) is 13.7. The number of aromatic nitrogens is 1. The third kappa shape index (κ3) is 2.95. The smallest absolute Gasteiger partial charge is 0.140 e. The maximum absolute atomic E-state index is 5.32. The fourth-order valence-electron chi connectivity index (χ4n) is 1.61. The van der Waals surface area contributed by atoms with Crippen LogP contribution in [0, 0.1) is 0 Å². The van der Waals surface area contributed by atoms with E-state index >= 15 is 0 Å². The van der Waals surface area contributed by atoms with Gasteiger partial charge in [-0.3, -0.25) is 0 Å². The molecular weight excluding hydrogens is 214 g/mol. The van der Waals surface area contributed by atoms with Crippen LogP contribution in [-0.4, -0.2) is 12.1 Å². The van der Waals surface area contributed by atoms with Crippen molar-refractivity contribution in [3.05, 3.63) is 53.7 Å². The highest BCUT2D eigenvalue weighted by molar-refractivity contribution is 5.36. The molecule has 0 amide bonds. The first-order valence-electron chi connectivity index (χ1n) is 5.37. The minimum Gasteiger partial charge on any atom is -0.497 e. The number of nitrogen functional groups attached to an aromatic ring is 1. The number of anilines is 1. The highest BCUT2D eigenvalue weighted by Crippen LogP contribution is 2.14. The van der Waals surface area contributed by atoms with Gasteiger partial charge in [0.05, 0.1) is 7.11 Å². The van der Waals surface area contributed by atoms with Crippen LogP contribution >= 0.6 is 0 Å². The number of ether oxygens (including phenoxy) is 1. The van der Waals surface area contributed by atoms with Crippen molar-refractivity contribution in [2.45, 2.75) is 6.42 Å². The molecule has 0 aliphatic carbocycles. The van der Waals surface area contributed by atoms with Crippen molar-refractivity contribution >= 4 is 5.82 Å². The van der Waals surface area contributed by atoms with Gasteiger partial charge in [-0.1, -0.05) is 18.2 Å². The summed E-state index contributed by atoms with van der Waals surface area (Å²) in [5.74, 6) is 6.86. The summed E-state index contributed by atoms with van der Waals surface area (Å²) in [6.07, 6.45) is 0.777. The highest BCUT2D eigenvalue weighted by Gasteiger charge is 1.99. The average molecular weight is 229 g/mol. The van der Waals surface area contributed by atoms with Gasteiger partial charge in [-0.05, 0) is 29.8 Å². The number of hydrogen-bond donors (Lipinski definition) is 2. The second-order valence-corrected chi connectivity index (χ2v) is 3.68. The van der Waals surface area contributed by atoms with Gasteiger partial charge in [-0.2, -0.15) is 0 Å². The Morgan fingerprint density at radius 2 is 1.94 bits per heavy atom. The van der Waals surface area contributed by atoms with Crippen molar-refractivity contribution in [3.8, 4) is 5.75 Å². The number of methoxy groups -OCH3 is 1. The third-order valence-corrected chi connectivity index (χ3v) is 2.50. The molecule has 0 fully saturated rings. The summed E-state index contributed by atoms with van der Waals surface area (Å²) in [7, 11) is 1.66. The van der Waals surface area contributed by atoms with Crippen LogP contribution in [0.5, 0.6) is 5.75 Å². The van der Waals surface area contributed by atoms with Crippen LogP contribution in [0.4, 0.5) is 5.82 Å². The van der Waals surface area contributed by atoms with Gasteiger partial charge in [0, 0.05) is 12.1 Å². The second kappa shape index (κ2) is 5.32. The molecule has 0 saturated heterocycles. The summed E-state index contributed by atoms with van der Waals surface area (Å²) >= 11 is 0. The van der Waals surface area contributed by atoms with E-state index in [1.54, 1.807) is 7.11 Å².